The van der Waals surface area contributed by atoms with Gasteiger partial charge in [0.15, 0.2) is 21.5 Å². The van der Waals surface area contributed by atoms with E-state index in [2.05, 4.69) is 35.3 Å². The number of hydrogen-bond acceptors (Lipinski definition) is 9. The van der Waals surface area contributed by atoms with E-state index in [1.165, 1.54) is 22.9 Å². The molecule has 1 unspecified atom stereocenters. The number of carbonyl (C=O) groups is 1. The third-order valence-electron chi connectivity index (χ3n) is 4.44. The molecule has 13 heteroatoms. The fraction of sp³-hybridized carbons (Fsp3) is 0.150. The Bertz CT molecular complexity index is 1410. The van der Waals surface area contributed by atoms with Gasteiger partial charge in [-0.15, -0.1) is 5.10 Å². The van der Waals surface area contributed by atoms with Gasteiger partial charge in [0.25, 0.3) is 11.9 Å². The normalized spacial score (nSPS) is 12.3. The van der Waals surface area contributed by atoms with Crippen LogP contribution in [0.5, 0.6) is 0 Å². The summed E-state index contributed by atoms with van der Waals surface area (Å²) in [5, 5.41) is 7.32. The largest absolute Gasteiger partial charge is 0.342 e. The Balaban J connectivity index is 1.70. The van der Waals surface area contributed by atoms with Crippen molar-refractivity contribution < 1.29 is 13.2 Å². The summed E-state index contributed by atoms with van der Waals surface area (Å²) >= 11 is 6.03. The molecule has 11 nitrogen and oxygen atoms in total. The number of nitrogens with zero attached hydrogens (tertiary/aromatic N) is 7. The Labute approximate surface area is 193 Å². The first-order chi connectivity index (χ1) is 15.7. The van der Waals surface area contributed by atoms with Gasteiger partial charge >= 0.3 is 0 Å². The summed E-state index contributed by atoms with van der Waals surface area (Å²) in [6, 6.07) is 6.58. The third kappa shape index (κ3) is 5.02. The van der Waals surface area contributed by atoms with Gasteiger partial charge in [-0.05, 0) is 37.3 Å². The lowest BCUT2D eigenvalue weighted by molar-refractivity contribution is 0.0937. The summed E-state index contributed by atoms with van der Waals surface area (Å²) in [5.41, 5.74) is 0.0865. The third-order valence-corrected chi connectivity index (χ3v) is 5.75. The molecule has 0 fully saturated rings. The van der Waals surface area contributed by atoms with Gasteiger partial charge in [-0.25, -0.2) is 33.3 Å². The number of amides is 1. The van der Waals surface area contributed by atoms with Crippen molar-refractivity contribution in [1.82, 2.24) is 40.0 Å². The van der Waals surface area contributed by atoms with Crippen LogP contribution >= 0.6 is 11.6 Å². The summed E-state index contributed by atoms with van der Waals surface area (Å²) in [4.78, 5) is 34.0. The van der Waals surface area contributed by atoms with Crippen LogP contribution in [0.4, 0.5) is 0 Å². The quantitative estimate of drug-likeness (QED) is 0.434. The highest BCUT2D eigenvalue weighted by Crippen LogP contribution is 2.21. The van der Waals surface area contributed by atoms with E-state index in [-0.39, 0.29) is 27.3 Å². The Morgan fingerprint density at radius 1 is 1.00 bits per heavy atom. The standard InChI is InChI=1S/C20H17ClN8O3S/c1-12(26-19(30)13-9-14(21)11-15(10-13)33(2,31)32)18-27-17(16-22-5-3-6-23-16)28-29(18)20-24-7-4-8-25-20/h3-12H,1-2H3,(H,26,30). The van der Waals surface area contributed by atoms with Crippen LogP contribution in [0, 0.1) is 0 Å². The molecule has 1 aromatic carbocycles. The minimum atomic E-state index is -3.55. The minimum Gasteiger partial charge on any atom is -0.342 e. The van der Waals surface area contributed by atoms with Crippen molar-refractivity contribution >= 4 is 27.3 Å². The number of rotatable bonds is 6. The van der Waals surface area contributed by atoms with Gasteiger partial charge in [0.05, 0.1) is 10.9 Å². The molecule has 0 saturated heterocycles. The summed E-state index contributed by atoms with van der Waals surface area (Å²) in [7, 11) is -3.55. The first-order valence-corrected chi connectivity index (χ1v) is 11.8. The highest BCUT2D eigenvalue weighted by molar-refractivity contribution is 7.90. The lowest BCUT2D eigenvalue weighted by atomic mass is 10.2. The number of sulfone groups is 1. The number of nitrogens with one attached hydrogen (secondary N) is 1. The topological polar surface area (TPSA) is 146 Å². The zero-order valence-corrected chi connectivity index (χ0v) is 19.0. The fourth-order valence-corrected chi connectivity index (χ4v) is 3.90. The second kappa shape index (κ2) is 9.00. The zero-order chi connectivity index (χ0) is 23.6. The van der Waals surface area contributed by atoms with E-state index in [9.17, 15) is 13.2 Å². The first-order valence-electron chi connectivity index (χ1n) is 9.55. The monoisotopic (exact) mass is 484 g/mol. The molecule has 4 aromatic rings. The number of benzene rings is 1. The summed E-state index contributed by atoms with van der Waals surface area (Å²) < 4.78 is 25.2. The summed E-state index contributed by atoms with van der Waals surface area (Å²) in [6.45, 7) is 1.69. The van der Waals surface area contributed by atoms with Gasteiger partial charge in [0.2, 0.25) is 5.82 Å². The predicted octanol–water partition coefficient (Wildman–Crippen LogP) is 2.06. The molecule has 3 heterocycles. The number of aromatic nitrogens is 7. The molecule has 1 amide bonds. The van der Waals surface area contributed by atoms with Crippen LogP contribution in [-0.2, 0) is 9.84 Å². The molecule has 1 atom stereocenters. The second-order valence-corrected chi connectivity index (χ2v) is 9.42. The van der Waals surface area contributed by atoms with Crippen LogP contribution in [0.25, 0.3) is 17.6 Å². The van der Waals surface area contributed by atoms with Crippen molar-refractivity contribution in [1.29, 1.82) is 0 Å². The van der Waals surface area contributed by atoms with Crippen molar-refractivity contribution in [3.63, 3.8) is 0 Å². The highest BCUT2D eigenvalue weighted by Gasteiger charge is 2.23. The molecule has 168 valence electrons. The summed E-state index contributed by atoms with van der Waals surface area (Å²) in [5.74, 6) is 0.532. The maximum Gasteiger partial charge on any atom is 0.252 e. The molecule has 3 aromatic heterocycles. The molecule has 1 N–H and O–H groups in total. The Kier molecular flexibility index (Phi) is 6.11. The molecule has 0 bridgehead atoms. The fourth-order valence-electron chi connectivity index (χ4n) is 2.91. The van der Waals surface area contributed by atoms with Crippen LogP contribution in [0.1, 0.15) is 29.1 Å². The van der Waals surface area contributed by atoms with E-state index >= 15 is 0 Å². The van der Waals surface area contributed by atoms with Crippen molar-refractivity contribution in [3.05, 3.63) is 71.5 Å². The first kappa shape index (κ1) is 22.4. The van der Waals surface area contributed by atoms with Crippen molar-refractivity contribution in [3.8, 4) is 17.6 Å². The van der Waals surface area contributed by atoms with E-state index in [0.717, 1.165) is 6.26 Å². The average Bonchev–Trinajstić information content (AvgIpc) is 3.25. The van der Waals surface area contributed by atoms with E-state index in [0.29, 0.717) is 11.6 Å². The molecular weight excluding hydrogens is 468 g/mol. The van der Waals surface area contributed by atoms with Crippen LogP contribution in [0.3, 0.4) is 0 Å². The number of halogens is 1. The van der Waals surface area contributed by atoms with Gasteiger partial charge in [-0.1, -0.05) is 11.6 Å². The van der Waals surface area contributed by atoms with Crippen molar-refractivity contribution in [2.75, 3.05) is 6.26 Å². The van der Waals surface area contributed by atoms with Crippen LogP contribution < -0.4 is 5.32 Å². The van der Waals surface area contributed by atoms with Gasteiger partial charge in [-0.2, -0.15) is 4.68 Å². The average molecular weight is 485 g/mol. The maximum atomic E-state index is 12.9. The van der Waals surface area contributed by atoms with Gasteiger partial charge < -0.3 is 5.32 Å². The number of carbonyl (C=O) groups excluding carboxylic acids is 1. The molecule has 0 aliphatic heterocycles. The predicted molar refractivity (Wildman–Crippen MR) is 118 cm³/mol. The second-order valence-electron chi connectivity index (χ2n) is 6.97. The van der Waals surface area contributed by atoms with Gasteiger partial charge in [0, 0.05) is 41.6 Å². The molecule has 0 aliphatic rings. The van der Waals surface area contributed by atoms with Crippen LogP contribution in [0.2, 0.25) is 5.02 Å². The van der Waals surface area contributed by atoms with E-state index in [1.54, 1.807) is 43.8 Å². The molecule has 0 radical (unpaired) electrons. The lowest BCUT2D eigenvalue weighted by Gasteiger charge is -2.14. The highest BCUT2D eigenvalue weighted by atomic mass is 35.5. The molecule has 33 heavy (non-hydrogen) atoms. The number of hydrogen-bond donors (Lipinski definition) is 1. The molecule has 4 rings (SSSR count). The minimum absolute atomic E-state index is 0.0582. The molecule has 0 spiro atoms. The Morgan fingerprint density at radius 3 is 2.27 bits per heavy atom. The van der Waals surface area contributed by atoms with E-state index in [4.69, 9.17) is 11.6 Å². The smallest absolute Gasteiger partial charge is 0.252 e. The van der Waals surface area contributed by atoms with Crippen molar-refractivity contribution in [2.24, 2.45) is 0 Å². The molecular formula is C20H17ClN8O3S. The Hall–Kier alpha value is -3.77. The van der Waals surface area contributed by atoms with Gasteiger partial charge in [-0.3, -0.25) is 4.79 Å². The van der Waals surface area contributed by atoms with Crippen LogP contribution in [0.15, 0.2) is 60.0 Å². The summed E-state index contributed by atoms with van der Waals surface area (Å²) in [6.07, 6.45) is 7.26. The van der Waals surface area contributed by atoms with Crippen molar-refractivity contribution in [2.45, 2.75) is 17.9 Å². The van der Waals surface area contributed by atoms with Crippen LogP contribution in [-0.4, -0.2) is 55.3 Å². The Morgan fingerprint density at radius 2 is 1.64 bits per heavy atom. The lowest BCUT2D eigenvalue weighted by Crippen LogP contribution is -2.29. The van der Waals surface area contributed by atoms with E-state index in [1.807, 2.05) is 0 Å². The zero-order valence-electron chi connectivity index (χ0n) is 17.4. The van der Waals surface area contributed by atoms with Gasteiger partial charge in [0.1, 0.15) is 0 Å². The van der Waals surface area contributed by atoms with E-state index < -0.39 is 21.8 Å². The SMILES string of the molecule is CC(NC(=O)c1cc(Cl)cc(S(C)(=O)=O)c1)c1nc(-c2ncccn2)nn1-c1ncccn1. The molecule has 0 saturated carbocycles. The molecule has 0 aliphatic carbocycles. The maximum absolute atomic E-state index is 12.9.